The van der Waals surface area contributed by atoms with Crippen LogP contribution in [0.15, 0.2) is 47.4 Å². The summed E-state index contributed by atoms with van der Waals surface area (Å²) in [7, 11) is -2.86. The van der Waals surface area contributed by atoms with Gasteiger partial charge in [-0.25, -0.2) is 0 Å². The van der Waals surface area contributed by atoms with E-state index in [2.05, 4.69) is 10.6 Å². The zero-order chi connectivity index (χ0) is 17.9. The van der Waals surface area contributed by atoms with Crippen molar-refractivity contribution in [2.75, 3.05) is 17.7 Å². The van der Waals surface area contributed by atoms with Crippen LogP contribution in [0.25, 0.3) is 0 Å². The molecule has 0 heterocycles. The van der Waals surface area contributed by atoms with Gasteiger partial charge in [0, 0.05) is 29.5 Å². The van der Waals surface area contributed by atoms with E-state index in [1.54, 1.807) is 31.3 Å². The molecule has 0 aliphatic carbocycles. The molecule has 0 unspecified atom stereocenters. The SMILES string of the molecule is CNc1ccc(NC(=O)c2ccc(C(C)=O)c(S(=O)(=O)O)c2)cc1. The van der Waals surface area contributed by atoms with Crippen LogP contribution in [-0.4, -0.2) is 31.7 Å². The maximum Gasteiger partial charge on any atom is 0.295 e. The first kappa shape index (κ1) is 17.6. The van der Waals surface area contributed by atoms with Crippen LogP contribution in [0, 0.1) is 0 Å². The van der Waals surface area contributed by atoms with Gasteiger partial charge in [-0.3, -0.25) is 14.1 Å². The minimum absolute atomic E-state index is 0.00492. The molecular weight excluding hydrogens is 332 g/mol. The Morgan fingerprint density at radius 1 is 1.00 bits per heavy atom. The fraction of sp³-hybridized carbons (Fsp3) is 0.125. The molecule has 0 aliphatic heterocycles. The average Bonchev–Trinajstić information content (AvgIpc) is 2.54. The Hall–Kier alpha value is -2.71. The highest BCUT2D eigenvalue weighted by Crippen LogP contribution is 2.20. The number of hydrogen-bond acceptors (Lipinski definition) is 5. The van der Waals surface area contributed by atoms with Crippen LogP contribution >= 0.6 is 0 Å². The lowest BCUT2D eigenvalue weighted by Gasteiger charge is -2.09. The lowest BCUT2D eigenvalue weighted by molar-refractivity contribution is 0.100. The molecule has 2 aromatic rings. The summed E-state index contributed by atoms with van der Waals surface area (Å²) in [4.78, 5) is 23.1. The van der Waals surface area contributed by atoms with E-state index in [0.717, 1.165) is 11.8 Å². The second kappa shape index (κ2) is 6.81. The number of amides is 1. The molecule has 126 valence electrons. The van der Waals surface area contributed by atoms with Crippen molar-refractivity contribution in [3.8, 4) is 0 Å². The third-order valence-electron chi connectivity index (χ3n) is 3.33. The molecule has 24 heavy (non-hydrogen) atoms. The number of anilines is 2. The monoisotopic (exact) mass is 348 g/mol. The summed E-state index contributed by atoms with van der Waals surface area (Å²) >= 11 is 0. The molecule has 0 bridgehead atoms. The van der Waals surface area contributed by atoms with E-state index in [1.807, 2.05) is 0 Å². The van der Waals surface area contributed by atoms with Crippen molar-refractivity contribution in [2.45, 2.75) is 11.8 Å². The van der Waals surface area contributed by atoms with Crippen molar-refractivity contribution in [3.05, 3.63) is 53.6 Å². The van der Waals surface area contributed by atoms with Gasteiger partial charge in [-0.15, -0.1) is 0 Å². The summed E-state index contributed by atoms with van der Waals surface area (Å²) < 4.78 is 32.1. The third kappa shape index (κ3) is 3.98. The number of nitrogens with one attached hydrogen (secondary N) is 2. The first-order valence-electron chi connectivity index (χ1n) is 6.94. The minimum atomic E-state index is -4.63. The van der Waals surface area contributed by atoms with E-state index >= 15 is 0 Å². The molecule has 7 nitrogen and oxygen atoms in total. The first-order valence-corrected chi connectivity index (χ1v) is 8.38. The van der Waals surface area contributed by atoms with Gasteiger partial charge >= 0.3 is 0 Å². The number of benzene rings is 2. The summed E-state index contributed by atoms with van der Waals surface area (Å²) in [5.41, 5.74) is 1.22. The zero-order valence-corrected chi connectivity index (χ0v) is 13.8. The highest BCUT2D eigenvalue weighted by atomic mass is 32.2. The summed E-state index contributed by atoms with van der Waals surface area (Å²) in [5, 5.41) is 5.55. The molecule has 0 saturated carbocycles. The Bertz CT molecular complexity index is 889. The van der Waals surface area contributed by atoms with E-state index in [9.17, 15) is 22.6 Å². The fourth-order valence-electron chi connectivity index (χ4n) is 2.09. The summed E-state index contributed by atoms with van der Waals surface area (Å²) in [5.74, 6) is -1.09. The molecular formula is C16H16N2O5S. The molecule has 1 amide bonds. The topological polar surface area (TPSA) is 113 Å². The van der Waals surface area contributed by atoms with E-state index in [-0.39, 0.29) is 11.1 Å². The van der Waals surface area contributed by atoms with Gasteiger partial charge in [0.15, 0.2) is 5.78 Å². The highest BCUT2D eigenvalue weighted by Gasteiger charge is 2.20. The van der Waals surface area contributed by atoms with E-state index in [0.29, 0.717) is 5.69 Å². The van der Waals surface area contributed by atoms with Gasteiger partial charge in [0.05, 0.1) is 0 Å². The fourth-order valence-corrected chi connectivity index (χ4v) is 2.86. The molecule has 0 aliphatic rings. The molecule has 3 N–H and O–H groups in total. The van der Waals surface area contributed by atoms with Crippen LogP contribution in [0.3, 0.4) is 0 Å². The average molecular weight is 348 g/mol. The van der Waals surface area contributed by atoms with E-state index < -0.39 is 26.7 Å². The maximum atomic E-state index is 12.2. The quantitative estimate of drug-likeness (QED) is 0.565. The molecule has 0 saturated heterocycles. The van der Waals surface area contributed by atoms with Crippen LogP contribution in [-0.2, 0) is 10.1 Å². The van der Waals surface area contributed by atoms with Crippen molar-refractivity contribution in [1.29, 1.82) is 0 Å². The van der Waals surface area contributed by atoms with E-state index in [4.69, 9.17) is 0 Å². The Balaban J connectivity index is 2.34. The second-order valence-corrected chi connectivity index (χ2v) is 6.41. The molecule has 0 atom stereocenters. The van der Waals surface area contributed by atoms with E-state index in [1.165, 1.54) is 19.1 Å². The molecule has 8 heteroatoms. The lowest BCUT2D eigenvalue weighted by atomic mass is 10.1. The summed E-state index contributed by atoms with van der Waals surface area (Å²) in [6, 6.07) is 10.4. The molecule has 0 aromatic heterocycles. The number of Topliss-reactive ketones (excluding diaryl/α,β-unsaturated/α-hetero) is 1. The van der Waals surface area contributed by atoms with Crippen LogP contribution < -0.4 is 10.6 Å². The number of carbonyl (C=O) groups excluding carboxylic acids is 2. The standard InChI is InChI=1S/C16H16N2O5S/c1-10(19)14-8-3-11(9-15(14)24(21,22)23)16(20)18-13-6-4-12(17-2)5-7-13/h3-9,17H,1-2H3,(H,18,20)(H,21,22,23). The minimum Gasteiger partial charge on any atom is -0.388 e. The largest absolute Gasteiger partial charge is 0.388 e. The van der Waals surface area contributed by atoms with Crippen molar-refractivity contribution >= 4 is 33.2 Å². The van der Waals surface area contributed by atoms with Crippen LogP contribution in [0.5, 0.6) is 0 Å². The molecule has 0 fully saturated rings. The van der Waals surface area contributed by atoms with Gasteiger partial charge in [0.1, 0.15) is 4.90 Å². The Labute approximate surface area is 139 Å². The zero-order valence-electron chi connectivity index (χ0n) is 13.0. The smallest absolute Gasteiger partial charge is 0.295 e. The molecule has 0 radical (unpaired) electrons. The lowest BCUT2D eigenvalue weighted by Crippen LogP contribution is -2.14. The normalized spacial score (nSPS) is 11.0. The van der Waals surface area contributed by atoms with Gasteiger partial charge in [0.2, 0.25) is 0 Å². The van der Waals surface area contributed by atoms with Crippen molar-refractivity contribution in [3.63, 3.8) is 0 Å². The van der Waals surface area contributed by atoms with Crippen LogP contribution in [0.4, 0.5) is 11.4 Å². The summed E-state index contributed by atoms with van der Waals surface area (Å²) in [6.07, 6.45) is 0. The number of rotatable bonds is 5. The summed E-state index contributed by atoms with van der Waals surface area (Å²) in [6.45, 7) is 1.17. The van der Waals surface area contributed by atoms with Gasteiger partial charge < -0.3 is 10.6 Å². The van der Waals surface area contributed by atoms with Crippen molar-refractivity contribution in [2.24, 2.45) is 0 Å². The predicted octanol–water partition coefficient (Wildman–Crippen LogP) is 2.43. The van der Waals surface area contributed by atoms with Gasteiger partial charge in [-0.2, -0.15) is 8.42 Å². The van der Waals surface area contributed by atoms with Crippen LogP contribution in [0.1, 0.15) is 27.6 Å². The third-order valence-corrected chi connectivity index (χ3v) is 4.23. The first-order chi connectivity index (χ1) is 11.2. The highest BCUT2D eigenvalue weighted by molar-refractivity contribution is 7.86. The Kier molecular flexibility index (Phi) is 5.01. The Morgan fingerprint density at radius 3 is 2.08 bits per heavy atom. The number of ketones is 1. The van der Waals surface area contributed by atoms with Gasteiger partial charge in [0.25, 0.3) is 16.0 Å². The second-order valence-electron chi connectivity index (χ2n) is 5.02. The molecule has 2 aromatic carbocycles. The van der Waals surface area contributed by atoms with Crippen molar-refractivity contribution < 1.29 is 22.6 Å². The van der Waals surface area contributed by atoms with Gasteiger partial charge in [-0.1, -0.05) is 0 Å². The van der Waals surface area contributed by atoms with Gasteiger partial charge in [-0.05, 0) is 49.4 Å². The molecule has 0 spiro atoms. The van der Waals surface area contributed by atoms with Crippen molar-refractivity contribution in [1.82, 2.24) is 0 Å². The van der Waals surface area contributed by atoms with Crippen LogP contribution in [0.2, 0.25) is 0 Å². The predicted molar refractivity (Wildman–Crippen MR) is 90.2 cm³/mol. The maximum absolute atomic E-state index is 12.2. The number of carbonyl (C=O) groups is 2. The Morgan fingerprint density at radius 2 is 1.58 bits per heavy atom. The molecule has 2 rings (SSSR count). The number of hydrogen-bond donors (Lipinski definition) is 3.